The van der Waals surface area contributed by atoms with Gasteiger partial charge >= 0.3 is 5.97 Å². The molecule has 2 rings (SSSR count). The molecule has 148 valence electrons. The Morgan fingerprint density at radius 2 is 1.79 bits per heavy atom. The lowest BCUT2D eigenvalue weighted by Gasteiger charge is -2.09. The number of Topliss-reactive ketones (excluding diaryl/α,β-unsaturated/α-hetero) is 1. The summed E-state index contributed by atoms with van der Waals surface area (Å²) in [7, 11) is 1.50. The zero-order valence-electron chi connectivity index (χ0n) is 15.8. The van der Waals surface area contributed by atoms with E-state index in [1.54, 1.807) is 30.3 Å². The van der Waals surface area contributed by atoms with Crippen LogP contribution in [0, 0.1) is 0 Å². The largest absolute Gasteiger partial charge is 0.496 e. The molecule has 0 aliphatic rings. The number of hydrogen-bond donors (Lipinski definition) is 1. The minimum absolute atomic E-state index is 0.0426. The second-order valence-electron chi connectivity index (χ2n) is 6.15. The van der Waals surface area contributed by atoms with E-state index in [0.717, 1.165) is 5.56 Å². The summed E-state index contributed by atoms with van der Waals surface area (Å²) in [5.41, 5.74) is 2.04. The summed E-state index contributed by atoms with van der Waals surface area (Å²) in [5, 5.41) is 3.20. The zero-order valence-corrected chi connectivity index (χ0v) is 16.5. The highest BCUT2D eigenvalue weighted by Crippen LogP contribution is 2.23. The van der Waals surface area contributed by atoms with Gasteiger partial charge in [0.15, 0.2) is 12.4 Å². The SMILES string of the molecule is COc1ccc(Cl)cc1CC(=O)OCC(=O)c1ccc(CCNC(C)=O)cc1. The van der Waals surface area contributed by atoms with Crippen LogP contribution >= 0.6 is 11.6 Å². The van der Waals surface area contributed by atoms with Crippen molar-refractivity contribution in [1.29, 1.82) is 0 Å². The number of amides is 1. The predicted octanol–water partition coefficient (Wildman–Crippen LogP) is 3.00. The molecule has 6 nitrogen and oxygen atoms in total. The van der Waals surface area contributed by atoms with E-state index in [-0.39, 0.29) is 24.7 Å². The summed E-state index contributed by atoms with van der Waals surface area (Å²) in [6.07, 6.45) is 0.629. The molecule has 0 saturated carbocycles. The number of hydrogen-bond acceptors (Lipinski definition) is 5. The molecule has 0 fully saturated rings. The van der Waals surface area contributed by atoms with E-state index in [1.807, 2.05) is 12.1 Å². The van der Waals surface area contributed by atoms with Gasteiger partial charge in [0, 0.05) is 29.6 Å². The predicted molar refractivity (Wildman–Crippen MR) is 106 cm³/mol. The van der Waals surface area contributed by atoms with Crippen LogP contribution in [-0.2, 0) is 27.2 Å². The first-order valence-corrected chi connectivity index (χ1v) is 9.11. The first kappa shape index (κ1) is 21.4. The molecule has 0 unspecified atom stereocenters. The van der Waals surface area contributed by atoms with Gasteiger partial charge in [-0.3, -0.25) is 14.4 Å². The molecule has 2 aromatic rings. The van der Waals surface area contributed by atoms with Crippen molar-refractivity contribution in [2.75, 3.05) is 20.3 Å². The Morgan fingerprint density at radius 3 is 2.43 bits per heavy atom. The van der Waals surface area contributed by atoms with Crippen LogP contribution in [0.15, 0.2) is 42.5 Å². The smallest absolute Gasteiger partial charge is 0.310 e. The van der Waals surface area contributed by atoms with Gasteiger partial charge in [0.2, 0.25) is 5.91 Å². The molecule has 28 heavy (non-hydrogen) atoms. The fourth-order valence-corrected chi connectivity index (χ4v) is 2.76. The van der Waals surface area contributed by atoms with E-state index in [2.05, 4.69) is 5.32 Å². The molecule has 0 bridgehead atoms. The summed E-state index contributed by atoms with van der Waals surface area (Å²) in [6, 6.07) is 11.9. The van der Waals surface area contributed by atoms with E-state index in [1.165, 1.54) is 14.0 Å². The molecule has 0 heterocycles. The highest BCUT2D eigenvalue weighted by atomic mass is 35.5. The van der Waals surface area contributed by atoms with Gasteiger partial charge in [-0.05, 0) is 30.2 Å². The van der Waals surface area contributed by atoms with Crippen LogP contribution in [0.1, 0.15) is 28.4 Å². The van der Waals surface area contributed by atoms with Gasteiger partial charge in [-0.15, -0.1) is 0 Å². The molecule has 0 aromatic heterocycles. The highest BCUT2D eigenvalue weighted by Gasteiger charge is 2.13. The van der Waals surface area contributed by atoms with Crippen LogP contribution in [0.4, 0.5) is 0 Å². The Balaban J connectivity index is 1.85. The van der Waals surface area contributed by atoms with Crippen molar-refractivity contribution in [3.8, 4) is 5.75 Å². The Bertz CT molecular complexity index is 848. The molecular weight excluding hydrogens is 382 g/mol. The summed E-state index contributed by atoms with van der Waals surface area (Å²) in [4.78, 5) is 35.1. The van der Waals surface area contributed by atoms with Crippen LogP contribution in [0.25, 0.3) is 0 Å². The normalized spacial score (nSPS) is 10.2. The number of ether oxygens (including phenoxy) is 2. The van der Waals surface area contributed by atoms with Crippen LogP contribution in [-0.4, -0.2) is 37.9 Å². The monoisotopic (exact) mass is 403 g/mol. The number of carbonyl (C=O) groups excluding carboxylic acids is 3. The van der Waals surface area contributed by atoms with E-state index in [9.17, 15) is 14.4 Å². The maximum atomic E-state index is 12.2. The number of nitrogens with one attached hydrogen (secondary N) is 1. The second-order valence-corrected chi connectivity index (χ2v) is 6.58. The third kappa shape index (κ3) is 6.70. The maximum Gasteiger partial charge on any atom is 0.310 e. The number of esters is 1. The summed E-state index contributed by atoms with van der Waals surface area (Å²) >= 11 is 5.94. The topological polar surface area (TPSA) is 81.7 Å². The molecule has 1 N–H and O–H groups in total. The fourth-order valence-electron chi connectivity index (χ4n) is 2.56. The van der Waals surface area contributed by atoms with Gasteiger partial charge in [0.25, 0.3) is 0 Å². The molecule has 0 aliphatic heterocycles. The zero-order chi connectivity index (χ0) is 20.5. The van der Waals surface area contributed by atoms with Crippen molar-refractivity contribution in [1.82, 2.24) is 5.32 Å². The molecule has 1 amide bonds. The lowest BCUT2D eigenvalue weighted by molar-refractivity contribution is -0.141. The molecule has 0 spiro atoms. The fraction of sp³-hybridized carbons (Fsp3) is 0.286. The average Bonchev–Trinajstić information content (AvgIpc) is 2.66. The Kier molecular flexibility index (Phi) is 8.02. The van der Waals surface area contributed by atoms with Crippen LogP contribution in [0.3, 0.4) is 0 Å². The molecule has 2 aromatic carbocycles. The third-order valence-electron chi connectivity index (χ3n) is 4.01. The van der Waals surface area contributed by atoms with Gasteiger partial charge in [-0.2, -0.15) is 0 Å². The second kappa shape index (κ2) is 10.5. The Morgan fingerprint density at radius 1 is 1.07 bits per heavy atom. The quantitative estimate of drug-likeness (QED) is 0.514. The third-order valence-corrected chi connectivity index (χ3v) is 4.24. The minimum atomic E-state index is -0.541. The average molecular weight is 404 g/mol. The number of rotatable bonds is 9. The van der Waals surface area contributed by atoms with Crippen molar-refractivity contribution >= 4 is 29.3 Å². The lowest BCUT2D eigenvalue weighted by atomic mass is 10.1. The van der Waals surface area contributed by atoms with E-state index in [0.29, 0.717) is 34.9 Å². The minimum Gasteiger partial charge on any atom is -0.496 e. The van der Waals surface area contributed by atoms with Crippen molar-refractivity contribution in [3.63, 3.8) is 0 Å². The van der Waals surface area contributed by atoms with Crippen LogP contribution < -0.4 is 10.1 Å². The standard InChI is InChI=1S/C21H22ClNO5/c1-14(24)23-10-9-15-3-5-16(6-4-15)19(25)13-28-21(26)12-17-11-18(22)7-8-20(17)27-2/h3-8,11H,9-10,12-13H2,1-2H3,(H,23,24). The van der Waals surface area contributed by atoms with Gasteiger partial charge in [0.1, 0.15) is 5.75 Å². The summed E-state index contributed by atoms with van der Waals surface area (Å²) in [6.45, 7) is 1.66. The number of carbonyl (C=O) groups is 3. The number of methoxy groups -OCH3 is 1. The highest BCUT2D eigenvalue weighted by molar-refractivity contribution is 6.30. The number of benzene rings is 2. The van der Waals surface area contributed by atoms with Gasteiger partial charge in [-0.25, -0.2) is 0 Å². The molecule has 7 heteroatoms. The van der Waals surface area contributed by atoms with E-state index >= 15 is 0 Å². The van der Waals surface area contributed by atoms with Crippen LogP contribution in [0.5, 0.6) is 5.75 Å². The lowest BCUT2D eigenvalue weighted by Crippen LogP contribution is -2.22. The number of halogens is 1. The van der Waals surface area contributed by atoms with Crippen molar-refractivity contribution in [2.45, 2.75) is 19.8 Å². The van der Waals surface area contributed by atoms with Crippen molar-refractivity contribution in [3.05, 3.63) is 64.2 Å². The van der Waals surface area contributed by atoms with E-state index in [4.69, 9.17) is 21.1 Å². The molecule has 0 saturated heterocycles. The maximum absolute atomic E-state index is 12.2. The summed E-state index contributed by atoms with van der Waals surface area (Å²) < 4.78 is 10.3. The van der Waals surface area contributed by atoms with Gasteiger partial charge < -0.3 is 14.8 Å². The Hall–Kier alpha value is -2.86. The molecular formula is C21H22ClNO5. The molecule has 0 aliphatic carbocycles. The van der Waals surface area contributed by atoms with Crippen LogP contribution in [0.2, 0.25) is 5.02 Å². The van der Waals surface area contributed by atoms with Crippen molar-refractivity contribution < 1.29 is 23.9 Å². The van der Waals surface area contributed by atoms with Gasteiger partial charge in [-0.1, -0.05) is 35.9 Å². The first-order chi connectivity index (χ1) is 13.4. The summed E-state index contributed by atoms with van der Waals surface area (Å²) in [5.74, 6) is -0.382. The van der Waals surface area contributed by atoms with E-state index < -0.39 is 5.97 Å². The first-order valence-electron chi connectivity index (χ1n) is 8.73. The van der Waals surface area contributed by atoms with Gasteiger partial charge in [0.05, 0.1) is 13.5 Å². The number of ketones is 1. The Labute approximate surface area is 168 Å². The molecule has 0 atom stereocenters. The molecule has 0 radical (unpaired) electrons. The van der Waals surface area contributed by atoms with Crippen molar-refractivity contribution in [2.24, 2.45) is 0 Å².